The summed E-state index contributed by atoms with van der Waals surface area (Å²) in [5.74, 6) is 0.698. The first-order valence-corrected chi connectivity index (χ1v) is 6.13. The Morgan fingerprint density at radius 2 is 2.00 bits per heavy atom. The molecule has 5 nitrogen and oxygen atoms in total. The second-order valence-corrected chi connectivity index (χ2v) is 3.89. The van der Waals surface area contributed by atoms with Crippen molar-refractivity contribution in [2.75, 3.05) is 20.8 Å². The van der Waals surface area contributed by atoms with E-state index < -0.39 is 0 Å². The highest BCUT2D eigenvalue weighted by Crippen LogP contribution is 2.22. The van der Waals surface area contributed by atoms with Crippen molar-refractivity contribution in [2.24, 2.45) is 0 Å². The van der Waals surface area contributed by atoms with Crippen LogP contribution in [0, 0.1) is 11.3 Å². The van der Waals surface area contributed by atoms with Crippen LogP contribution in [0.4, 0.5) is 0 Å². The summed E-state index contributed by atoms with van der Waals surface area (Å²) in [6.45, 7) is 2.08. The largest absolute Gasteiger partial charge is 0.497 e. The van der Waals surface area contributed by atoms with Gasteiger partial charge in [0.15, 0.2) is 0 Å². The van der Waals surface area contributed by atoms with Gasteiger partial charge in [-0.05, 0) is 24.6 Å². The van der Waals surface area contributed by atoms with E-state index in [1.807, 2.05) is 13.0 Å². The van der Waals surface area contributed by atoms with Gasteiger partial charge in [-0.3, -0.25) is 0 Å². The minimum atomic E-state index is -0.362. The molecule has 0 radical (unpaired) electrons. The maximum atomic E-state index is 11.4. The molecule has 0 saturated heterocycles. The summed E-state index contributed by atoms with van der Waals surface area (Å²) in [5, 5.41) is 8.90. The third-order valence-electron chi connectivity index (χ3n) is 2.65. The van der Waals surface area contributed by atoms with Gasteiger partial charge in [0.05, 0.1) is 25.9 Å². The molecule has 0 aliphatic rings. The Balaban J connectivity index is 2.77. The molecule has 0 bridgehead atoms. The van der Waals surface area contributed by atoms with Gasteiger partial charge < -0.3 is 14.2 Å². The zero-order valence-electron chi connectivity index (χ0n) is 11.8. The van der Waals surface area contributed by atoms with Gasteiger partial charge in [0.1, 0.15) is 18.1 Å². The second-order valence-electron chi connectivity index (χ2n) is 3.89. The fraction of sp³-hybridized carbons (Fsp3) is 0.333. The zero-order valence-corrected chi connectivity index (χ0v) is 11.8. The van der Waals surface area contributed by atoms with Crippen LogP contribution in [-0.4, -0.2) is 26.8 Å². The molecule has 0 saturated carbocycles. The molecule has 1 aromatic rings. The number of esters is 1. The summed E-state index contributed by atoms with van der Waals surface area (Å²) in [4.78, 5) is 11.4. The van der Waals surface area contributed by atoms with Gasteiger partial charge in [-0.2, -0.15) is 5.26 Å². The third-order valence-corrected chi connectivity index (χ3v) is 2.65. The van der Waals surface area contributed by atoms with Gasteiger partial charge in [0.2, 0.25) is 0 Å². The molecule has 0 amide bonds. The van der Waals surface area contributed by atoms with Gasteiger partial charge in [-0.1, -0.05) is 6.92 Å². The van der Waals surface area contributed by atoms with E-state index in [2.05, 4.69) is 4.74 Å². The molecule has 0 heterocycles. The Labute approximate surface area is 118 Å². The normalized spacial score (nSPS) is 10.6. The Morgan fingerprint density at radius 1 is 1.30 bits per heavy atom. The minimum Gasteiger partial charge on any atom is -0.497 e. The zero-order chi connectivity index (χ0) is 15.0. The highest BCUT2D eigenvalue weighted by atomic mass is 16.5. The average Bonchev–Trinajstić information content (AvgIpc) is 2.50. The lowest BCUT2D eigenvalue weighted by Gasteiger charge is -2.07. The molecule has 0 N–H and O–H groups in total. The quantitative estimate of drug-likeness (QED) is 0.589. The van der Waals surface area contributed by atoms with Gasteiger partial charge in [0, 0.05) is 11.6 Å². The van der Waals surface area contributed by atoms with Crippen molar-refractivity contribution >= 4 is 5.97 Å². The number of hydrogen-bond donors (Lipinski definition) is 0. The van der Waals surface area contributed by atoms with Crippen LogP contribution in [-0.2, 0) is 9.53 Å². The molecule has 20 heavy (non-hydrogen) atoms. The number of nitriles is 1. The SMILES string of the molecule is CC/C(=C/COc1cc(C#N)cc(OC)c1)C(=O)OC. The minimum absolute atomic E-state index is 0.219. The lowest BCUT2D eigenvalue weighted by molar-refractivity contribution is -0.136. The molecule has 0 aromatic heterocycles. The van der Waals surface area contributed by atoms with E-state index in [1.54, 1.807) is 24.3 Å². The van der Waals surface area contributed by atoms with E-state index in [-0.39, 0.29) is 12.6 Å². The number of ether oxygens (including phenoxy) is 3. The van der Waals surface area contributed by atoms with Gasteiger partial charge in [-0.15, -0.1) is 0 Å². The van der Waals surface area contributed by atoms with E-state index in [1.165, 1.54) is 14.2 Å². The highest BCUT2D eigenvalue weighted by Gasteiger charge is 2.06. The summed E-state index contributed by atoms with van der Waals surface area (Å²) in [6, 6.07) is 6.94. The molecule has 0 aliphatic heterocycles. The molecule has 0 atom stereocenters. The number of hydrogen-bond acceptors (Lipinski definition) is 5. The smallest absolute Gasteiger partial charge is 0.333 e. The van der Waals surface area contributed by atoms with Gasteiger partial charge >= 0.3 is 5.97 Å². The van der Waals surface area contributed by atoms with E-state index in [4.69, 9.17) is 14.7 Å². The number of carbonyl (C=O) groups excluding carboxylic acids is 1. The van der Waals surface area contributed by atoms with Crippen molar-refractivity contribution in [1.82, 2.24) is 0 Å². The molecular weight excluding hydrogens is 258 g/mol. The number of rotatable bonds is 6. The van der Waals surface area contributed by atoms with E-state index in [0.29, 0.717) is 29.1 Å². The standard InChI is InChI=1S/C15H17NO4/c1-4-12(15(17)19-3)5-6-20-14-8-11(10-16)7-13(9-14)18-2/h5,7-9H,4,6H2,1-3H3/b12-5-. The van der Waals surface area contributed by atoms with Gasteiger partial charge in [0.25, 0.3) is 0 Å². The molecule has 106 valence electrons. The predicted molar refractivity (Wildman–Crippen MR) is 73.6 cm³/mol. The van der Waals surface area contributed by atoms with Crippen LogP contribution in [0.3, 0.4) is 0 Å². The fourth-order valence-electron chi connectivity index (χ4n) is 1.58. The Hall–Kier alpha value is -2.48. The number of methoxy groups -OCH3 is 2. The van der Waals surface area contributed by atoms with Crippen LogP contribution in [0.1, 0.15) is 18.9 Å². The van der Waals surface area contributed by atoms with Crippen molar-refractivity contribution in [2.45, 2.75) is 13.3 Å². The van der Waals surface area contributed by atoms with Crippen molar-refractivity contribution in [3.05, 3.63) is 35.4 Å². The number of carbonyl (C=O) groups is 1. The topological polar surface area (TPSA) is 68.5 Å². The fourth-order valence-corrected chi connectivity index (χ4v) is 1.58. The molecule has 0 aliphatic carbocycles. The first kappa shape index (κ1) is 15.6. The summed E-state index contributed by atoms with van der Waals surface area (Å²) in [6.07, 6.45) is 2.23. The molecule has 0 fully saturated rings. The maximum Gasteiger partial charge on any atom is 0.333 e. The van der Waals surface area contributed by atoms with Crippen molar-refractivity contribution in [3.63, 3.8) is 0 Å². The van der Waals surface area contributed by atoms with E-state index in [9.17, 15) is 4.79 Å². The van der Waals surface area contributed by atoms with Crippen LogP contribution in [0.25, 0.3) is 0 Å². The van der Waals surface area contributed by atoms with Crippen LogP contribution in [0.2, 0.25) is 0 Å². The molecule has 0 unspecified atom stereocenters. The summed E-state index contributed by atoms with van der Waals surface area (Å²) < 4.78 is 15.2. The lowest BCUT2D eigenvalue weighted by atomic mass is 10.2. The predicted octanol–water partition coefficient (Wildman–Crippen LogP) is 2.46. The second kappa shape index (κ2) is 7.85. The highest BCUT2D eigenvalue weighted by molar-refractivity contribution is 5.88. The summed E-state index contributed by atoms with van der Waals surface area (Å²) >= 11 is 0. The van der Waals surface area contributed by atoms with Gasteiger partial charge in [-0.25, -0.2) is 4.79 Å². The summed E-state index contributed by atoms with van der Waals surface area (Å²) in [7, 11) is 2.86. The average molecular weight is 275 g/mol. The molecule has 1 aromatic carbocycles. The van der Waals surface area contributed by atoms with E-state index >= 15 is 0 Å². The molecular formula is C15H17NO4. The maximum absolute atomic E-state index is 11.4. The van der Waals surface area contributed by atoms with Crippen LogP contribution in [0.15, 0.2) is 29.8 Å². The Bertz CT molecular complexity index is 543. The summed E-state index contributed by atoms with van der Waals surface area (Å²) in [5.41, 5.74) is 1.00. The third kappa shape index (κ3) is 4.32. The van der Waals surface area contributed by atoms with E-state index in [0.717, 1.165) is 0 Å². The molecule has 0 spiro atoms. The van der Waals surface area contributed by atoms with Crippen molar-refractivity contribution in [3.8, 4) is 17.6 Å². The van der Waals surface area contributed by atoms with Crippen LogP contribution >= 0.6 is 0 Å². The lowest BCUT2D eigenvalue weighted by Crippen LogP contribution is -2.06. The molecule has 5 heteroatoms. The first-order valence-electron chi connectivity index (χ1n) is 6.13. The Kier molecular flexibility index (Phi) is 6.11. The number of nitrogens with zero attached hydrogens (tertiary/aromatic N) is 1. The van der Waals surface area contributed by atoms with Crippen LogP contribution in [0.5, 0.6) is 11.5 Å². The first-order chi connectivity index (χ1) is 9.64. The number of benzene rings is 1. The van der Waals surface area contributed by atoms with Crippen LogP contribution < -0.4 is 9.47 Å². The Morgan fingerprint density at radius 3 is 2.55 bits per heavy atom. The molecule has 1 rings (SSSR count). The van der Waals surface area contributed by atoms with Crippen molar-refractivity contribution < 1.29 is 19.0 Å². The van der Waals surface area contributed by atoms with Crippen molar-refractivity contribution in [1.29, 1.82) is 5.26 Å². The monoisotopic (exact) mass is 275 g/mol.